The van der Waals surface area contributed by atoms with Gasteiger partial charge in [0.15, 0.2) is 0 Å². The van der Waals surface area contributed by atoms with Gasteiger partial charge in [0.1, 0.15) is 0 Å². The summed E-state index contributed by atoms with van der Waals surface area (Å²) in [5.41, 5.74) is 11.6. The molecule has 1 unspecified atom stereocenters. The molecule has 0 heterocycles. The lowest BCUT2D eigenvalue weighted by Gasteiger charge is -2.07. The van der Waals surface area contributed by atoms with Crippen molar-refractivity contribution in [3.63, 3.8) is 0 Å². The summed E-state index contributed by atoms with van der Waals surface area (Å²) in [7, 11) is 0. The maximum atomic E-state index is 11.3. The molecular weight excluding hydrogens is 270 g/mol. The van der Waals surface area contributed by atoms with Crippen LogP contribution in [0.5, 0.6) is 0 Å². The van der Waals surface area contributed by atoms with Crippen LogP contribution in [0.15, 0.2) is 17.3 Å². The maximum absolute atomic E-state index is 11.3. The third-order valence-corrected chi connectivity index (χ3v) is 2.69. The SMILES string of the molecule is C=C(C)CCCC(C)C/C=N/NC(=O)CNC(=O)C=[N+]=[N-]. The maximum Gasteiger partial charge on any atom is 0.344 e. The van der Waals surface area contributed by atoms with Gasteiger partial charge in [0.05, 0.1) is 6.54 Å². The Hall–Kier alpha value is -2.27. The molecule has 0 rings (SSSR count). The second-order valence-corrected chi connectivity index (χ2v) is 5.00. The fourth-order valence-corrected chi connectivity index (χ4v) is 1.53. The van der Waals surface area contributed by atoms with Crippen molar-refractivity contribution in [2.45, 2.75) is 39.5 Å². The normalized spacial score (nSPS) is 11.5. The summed E-state index contributed by atoms with van der Waals surface area (Å²) in [6.45, 7) is 7.78. The summed E-state index contributed by atoms with van der Waals surface area (Å²) >= 11 is 0. The molecule has 0 saturated carbocycles. The minimum atomic E-state index is -0.650. The third kappa shape index (κ3) is 12.5. The van der Waals surface area contributed by atoms with Crippen LogP contribution in [0.2, 0.25) is 0 Å². The van der Waals surface area contributed by atoms with E-state index in [0.717, 1.165) is 25.7 Å². The molecule has 0 aliphatic rings. The molecule has 0 aliphatic heterocycles. The number of hydrogen-bond donors (Lipinski definition) is 2. The lowest BCUT2D eigenvalue weighted by atomic mass is 10.00. The molecule has 0 aromatic rings. The van der Waals surface area contributed by atoms with Crippen LogP contribution in [0, 0.1) is 5.92 Å². The van der Waals surface area contributed by atoms with Gasteiger partial charge in [-0.1, -0.05) is 18.9 Å². The Morgan fingerprint density at radius 1 is 1.48 bits per heavy atom. The van der Waals surface area contributed by atoms with Crippen LogP contribution in [0.25, 0.3) is 5.53 Å². The Balaban J connectivity index is 3.74. The van der Waals surface area contributed by atoms with Crippen LogP contribution in [0.1, 0.15) is 39.5 Å². The number of carbonyl (C=O) groups excluding carboxylic acids is 2. The first-order chi connectivity index (χ1) is 9.95. The van der Waals surface area contributed by atoms with Crippen molar-refractivity contribution in [3.8, 4) is 0 Å². The average Bonchev–Trinajstić information content (AvgIpc) is 2.41. The molecule has 0 aromatic heterocycles. The molecule has 1 atom stereocenters. The molecule has 2 amide bonds. The molecule has 0 saturated heterocycles. The minimum absolute atomic E-state index is 0.226. The molecule has 2 N–H and O–H groups in total. The van der Waals surface area contributed by atoms with Crippen molar-refractivity contribution in [1.29, 1.82) is 0 Å². The van der Waals surface area contributed by atoms with Gasteiger partial charge in [-0.2, -0.15) is 9.89 Å². The summed E-state index contributed by atoms with van der Waals surface area (Å²) in [6, 6.07) is 0. The number of nitrogens with one attached hydrogen (secondary N) is 2. The number of rotatable bonds is 10. The Labute approximate surface area is 125 Å². The molecule has 7 nitrogen and oxygen atoms in total. The van der Waals surface area contributed by atoms with Gasteiger partial charge in [-0.15, -0.1) is 6.58 Å². The number of allylic oxidation sites excluding steroid dienone is 1. The van der Waals surface area contributed by atoms with Gasteiger partial charge in [-0.3, -0.25) is 9.59 Å². The number of hydrogen-bond acceptors (Lipinski definition) is 3. The molecule has 7 heteroatoms. The van der Waals surface area contributed by atoms with Gasteiger partial charge >= 0.3 is 12.1 Å². The highest BCUT2D eigenvalue weighted by Crippen LogP contribution is 2.12. The molecule has 21 heavy (non-hydrogen) atoms. The predicted octanol–water partition coefficient (Wildman–Crippen LogP) is 1.28. The van der Waals surface area contributed by atoms with E-state index in [-0.39, 0.29) is 6.54 Å². The largest absolute Gasteiger partial charge is 0.361 e. The van der Waals surface area contributed by atoms with Crippen molar-refractivity contribution in [2.24, 2.45) is 11.0 Å². The highest BCUT2D eigenvalue weighted by Gasteiger charge is 2.05. The molecule has 0 bridgehead atoms. The fourth-order valence-electron chi connectivity index (χ4n) is 1.53. The Morgan fingerprint density at radius 3 is 2.81 bits per heavy atom. The quantitative estimate of drug-likeness (QED) is 0.208. The second kappa shape index (κ2) is 11.5. The highest BCUT2D eigenvalue weighted by atomic mass is 16.2. The Kier molecular flexibility index (Phi) is 10.3. The van der Waals surface area contributed by atoms with Crippen molar-refractivity contribution in [2.75, 3.05) is 6.54 Å². The minimum Gasteiger partial charge on any atom is -0.361 e. The molecular formula is C14H23N5O2. The zero-order valence-electron chi connectivity index (χ0n) is 12.6. The summed E-state index contributed by atoms with van der Waals surface area (Å²) < 4.78 is 0. The van der Waals surface area contributed by atoms with Crippen LogP contribution in [-0.2, 0) is 9.59 Å². The van der Waals surface area contributed by atoms with E-state index in [1.165, 1.54) is 5.57 Å². The Morgan fingerprint density at radius 2 is 2.19 bits per heavy atom. The van der Waals surface area contributed by atoms with Crippen LogP contribution in [-0.4, -0.2) is 35.6 Å². The van der Waals surface area contributed by atoms with E-state index in [1.807, 2.05) is 6.92 Å². The first-order valence-corrected chi connectivity index (χ1v) is 6.85. The molecule has 0 aromatic carbocycles. The fraction of sp³-hybridized carbons (Fsp3) is 0.571. The summed E-state index contributed by atoms with van der Waals surface area (Å²) in [5.74, 6) is -0.603. The predicted molar refractivity (Wildman–Crippen MR) is 81.8 cm³/mol. The van der Waals surface area contributed by atoms with E-state index >= 15 is 0 Å². The second-order valence-electron chi connectivity index (χ2n) is 5.00. The monoisotopic (exact) mass is 293 g/mol. The van der Waals surface area contributed by atoms with Crippen LogP contribution in [0.4, 0.5) is 0 Å². The van der Waals surface area contributed by atoms with Crippen molar-refractivity contribution in [1.82, 2.24) is 10.7 Å². The van der Waals surface area contributed by atoms with Gasteiger partial charge in [-0.05, 0) is 32.1 Å². The summed E-state index contributed by atoms with van der Waals surface area (Å²) in [4.78, 5) is 24.7. The smallest absolute Gasteiger partial charge is 0.344 e. The van der Waals surface area contributed by atoms with Crippen molar-refractivity contribution in [3.05, 3.63) is 17.7 Å². The standard InChI is InChI=1S/C14H23N5O2/c1-11(2)5-4-6-12(3)7-8-18-19-14(21)9-16-13(20)10-17-15/h8,10,12H,1,4-7,9H2,2-3H3,(H,16,20)(H,19,21)/b18-8+. The van der Waals surface area contributed by atoms with Crippen LogP contribution < -0.4 is 10.7 Å². The zero-order chi connectivity index (χ0) is 16.1. The van der Waals surface area contributed by atoms with Crippen molar-refractivity contribution >= 4 is 24.2 Å². The number of amides is 2. The molecule has 0 aliphatic carbocycles. The van der Waals surface area contributed by atoms with Crippen LogP contribution in [0.3, 0.4) is 0 Å². The van der Waals surface area contributed by atoms with Gasteiger partial charge in [-0.25, -0.2) is 5.43 Å². The van der Waals surface area contributed by atoms with E-state index in [1.54, 1.807) is 6.21 Å². The molecule has 0 spiro atoms. The average molecular weight is 293 g/mol. The highest BCUT2D eigenvalue weighted by molar-refractivity contribution is 6.24. The van der Waals surface area contributed by atoms with Gasteiger partial charge in [0, 0.05) is 6.21 Å². The third-order valence-electron chi connectivity index (χ3n) is 2.69. The molecule has 0 fully saturated rings. The zero-order valence-corrected chi connectivity index (χ0v) is 12.6. The Bertz CT molecular complexity index is 439. The first-order valence-electron chi connectivity index (χ1n) is 6.85. The lowest BCUT2D eigenvalue weighted by Crippen LogP contribution is -2.35. The molecule has 0 radical (unpaired) electrons. The van der Waals surface area contributed by atoms with Crippen LogP contribution >= 0.6 is 0 Å². The van der Waals surface area contributed by atoms with E-state index in [0.29, 0.717) is 12.1 Å². The summed E-state index contributed by atoms with van der Waals surface area (Å²) in [6.07, 6.45) is 6.33. The van der Waals surface area contributed by atoms with E-state index in [9.17, 15) is 9.59 Å². The number of hydrazone groups is 1. The van der Waals surface area contributed by atoms with Gasteiger partial charge in [0.25, 0.3) is 5.91 Å². The van der Waals surface area contributed by atoms with Gasteiger partial charge in [0.2, 0.25) is 0 Å². The summed E-state index contributed by atoms with van der Waals surface area (Å²) in [5, 5.41) is 6.03. The van der Waals surface area contributed by atoms with E-state index in [2.05, 4.69) is 34.1 Å². The van der Waals surface area contributed by atoms with E-state index in [4.69, 9.17) is 5.53 Å². The lowest BCUT2D eigenvalue weighted by molar-refractivity contribution is -0.124. The van der Waals surface area contributed by atoms with Crippen molar-refractivity contribution < 1.29 is 14.4 Å². The first kappa shape index (κ1) is 18.7. The topological polar surface area (TPSA) is 107 Å². The number of nitrogens with zero attached hydrogens (tertiary/aromatic N) is 3. The molecule has 116 valence electrons. The number of carbonyl (C=O) groups is 2. The van der Waals surface area contributed by atoms with E-state index < -0.39 is 11.8 Å². The van der Waals surface area contributed by atoms with Gasteiger partial charge < -0.3 is 10.8 Å².